The minimum absolute atomic E-state index is 0.172. The fourth-order valence-electron chi connectivity index (χ4n) is 1.64. The standard InChI is InChI=1S/C9H18N2O2/c1-8(7-9(12)13)11-5-3-10(2)4-6-11/h8H,3-7H2,1-2H3,(H,12,13)/t8-/m1/s1. The van der Waals surface area contributed by atoms with E-state index in [9.17, 15) is 4.79 Å². The molecule has 13 heavy (non-hydrogen) atoms. The second-order valence-electron chi connectivity index (χ2n) is 3.79. The van der Waals surface area contributed by atoms with E-state index in [1.54, 1.807) is 0 Å². The number of aliphatic carboxylic acids is 1. The largest absolute Gasteiger partial charge is 0.481 e. The van der Waals surface area contributed by atoms with Gasteiger partial charge >= 0.3 is 5.97 Å². The second-order valence-corrected chi connectivity index (χ2v) is 3.79. The van der Waals surface area contributed by atoms with Gasteiger partial charge in [0.05, 0.1) is 6.42 Å². The van der Waals surface area contributed by atoms with E-state index in [2.05, 4.69) is 16.8 Å². The highest BCUT2D eigenvalue weighted by molar-refractivity contribution is 5.67. The van der Waals surface area contributed by atoms with Crippen LogP contribution in [-0.4, -0.2) is 60.1 Å². The lowest BCUT2D eigenvalue weighted by Gasteiger charge is -2.35. The Morgan fingerprint density at radius 3 is 2.38 bits per heavy atom. The summed E-state index contributed by atoms with van der Waals surface area (Å²) in [5, 5.41) is 8.63. The van der Waals surface area contributed by atoms with Crippen LogP contribution in [-0.2, 0) is 4.79 Å². The molecule has 0 spiro atoms. The molecule has 76 valence electrons. The number of piperazine rings is 1. The molecule has 0 aromatic rings. The van der Waals surface area contributed by atoms with Crippen LogP contribution in [0.25, 0.3) is 0 Å². The normalized spacial score (nSPS) is 22.9. The van der Waals surface area contributed by atoms with E-state index in [0.29, 0.717) is 0 Å². The number of hydrogen-bond donors (Lipinski definition) is 1. The summed E-state index contributed by atoms with van der Waals surface area (Å²) in [6.07, 6.45) is 0.254. The Morgan fingerprint density at radius 1 is 1.38 bits per heavy atom. The molecule has 0 aromatic heterocycles. The van der Waals surface area contributed by atoms with Gasteiger partial charge in [0, 0.05) is 32.2 Å². The van der Waals surface area contributed by atoms with E-state index in [1.165, 1.54) is 0 Å². The summed E-state index contributed by atoms with van der Waals surface area (Å²) < 4.78 is 0. The quantitative estimate of drug-likeness (QED) is 0.679. The highest BCUT2D eigenvalue weighted by Gasteiger charge is 2.20. The van der Waals surface area contributed by atoms with Gasteiger partial charge in [-0.25, -0.2) is 0 Å². The van der Waals surface area contributed by atoms with Crippen LogP contribution in [0.1, 0.15) is 13.3 Å². The Labute approximate surface area is 79.1 Å². The Balaban J connectivity index is 2.31. The van der Waals surface area contributed by atoms with Gasteiger partial charge in [-0.05, 0) is 14.0 Å². The molecule has 4 heteroatoms. The molecule has 1 N–H and O–H groups in total. The average Bonchev–Trinajstić information content (AvgIpc) is 2.04. The number of rotatable bonds is 3. The van der Waals surface area contributed by atoms with Gasteiger partial charge in [-0.1, -0.05) is 0 Å². The first-order chi connectivity index (χ1) is 6.09. The number of likely N-dealkylation sites (N-methyl/N-ethyl adjacent to an activating group) is 1. The Hall–Kier alpha value is -0.610. The topological polar surface area (TPSA) is 43.8 Å². The number of hydrogen-bond acceptors (Lipinski definition) is 3. The molecule has 0 amide bonds. The van der Waals surface area contributed by atoms with Crippen LogP contribution in [0.15, 0.2) is 0 Å². The maximum Gasteiger partial charge on any atom is 0.304 e. The maximum absolute atomic E-state index is 10.5. The van der Waals surface area contributed by atoms with E-state index >= 15 is 0 Å². The van der Waals surface area contributed by atoms with Gasteiger partial charge in [0.1, 0.15) is 0 Å². The summed E-state index contributed by atoms with van der Waals surface area (Å²) in [7, 11) is 2.10. The molecule has 4 nitrogen and oxygen atoms in total. The first-order valence-corrected chi connectivity index (χ1v) is 4.74. The third-order valence-corrected chi connectivity index (χ3v) is 2.63. The minimum Gasteiger partial charge on any atom is -0.481 e. The fraction of sp³-hybridized carbons (Fsp3) is 0.889. The van der Waals surface area contributed by atoms with E-state index < -0.39 is 5.97 Å². The molecule has 0 radical (unpaired) electrons. The van der Waals surface area contributed by atoms with Crippen molar-refractivity contribution in [2.24, 2.45) is 0 Å². The predicted octanol–water partition coefficient (Wildman–Crippen LogP) is 0.0970. The molecule has 0 unspecified atom stereocenters. The summed E-state index contributed by atoms with van der Waals surface area (Å²) in [4.78, 5) is 15.0. The molecule has 1 atom stereocenters. The van der Waals surface area contributed by atoms with Crippen molar-refractivity contribution in [2.45, 2.75) is 19.4 Å². The van der Waals surface area contributed by atoms with Crippen LogP contribution >= 0.6 is 0 Å². The molecule has 1 heterocycles. The van der Waals surface area contributed by atoms with Crippen molar-refractivity contribution in [3.8, 4) is 0 Å². The average molecular weight is 186 g/mol. The number of nitrogens with zero attached hydrogens (tertiary/aromatic N) is 2. The zero-order valence-corrected chi connectivity index (χ0v) is 8.36. The van der Waals surface area contributed by atoms with Crippen LogP contribution in [0.3, 0.4) is 0 Å². The molecule has 0 aliphatic carbocycles. The molecule has 1 aliphatic heterocycles. The van der Waals surface area contributed by atoms with Gasteiger partial charge in [0.2, 0.25) is 0 Å². The van der Waals surface area contributed by atoms with Crippen molar-refractivity contribution in [2.75, 3.05) is 33.2 Å². The maximum atomic E-state index is 10.5. The number of carbonyl (C=O) groups is 1. The first-order valence-electron chi connectivity index (χ1n) is 4.74. The number of carboxylic acids is 1. The molecule has 1 saturated heterocycles. The molecular formula is C9H18N2O2. The molecule has 0 saturated carbocycles. The highest BCUT2D eigenvalue weighted by atomic mass is 16.4. The van der Waals surface area contributed by atoms with Crippen molar-refractivity contribution in [3.63, 3.8) is 0 Å². The summed E-state index contributed by atoms with van der Waals surface area (Å²) >= 11 is 0. The lowest BCUT2D eigenvalue weighted by Crippen LogP contribution is -2.48. The van der Waals surface area contributed by atoms with E-state index in [1.807, 2.05) is 6.92 Å². The summed E-state index contributed by atoms with van der Waals surface area (Å²) in [6, 6.07) is 0.172. The van der Waals surface area contributed by atoms with Crippen LogP contribution < -0.4 is 0 Å². The molecule has 1 fully saturated rings. The van der Waals surface area contributed by atoms with Crippen molar-refractivity contribution >= 4 is 5.97 Å². The fourth-order valence-corrected chi connectivity index (χ4v) is 1.64. The van der Waals surface area contributed by atoms with Crippen molar-refractivity contribution in [3.05, 3.63) is 0 Å². The van der Waals surface area contributed by atoms with E-state index in [4.69, 9.17) is 5.11 Å². The lowest BCUT2D eigenvalue weighted by atomic mass is 10.2. The summed E-state index contributed by atoms with van der Waals surface area (Å²) in [5.41, 5.74) is 0. The van der Waals surface area contributed by atoms with Crippen LogP contribution in [0.5, 0.6) is 0 Å². The van der Waals surface area contributed by atoms with Gasteiger partial charge < -0.3 is 10.0 Å². The van der Waals surface area contributed by atoms with Crippen LogP contribution in [0, 0.1) is 0 Å². The van der Waals surface area contributed by atoms with Crippen molar-refractivity contribution < 1.29 is 9.90 Å². The first kappa shape index (κ1) is 10.5. The van der Waals surface area contributed by atoms with Gasteiger partial charge in [-0.15, -0.1) is 0 Å². The highest BCUT2D eigenvalue weighted by Crippen LogP contribution is 2.07. The van der Waals surface area contributed by atoms with Crippen molar-refractivity contribution in [1.82, 2.24) is 9.80 Å². The second kappa shape index (κ2) is 4.58. The molecule has 1 aliphatic rings. The minimum atomic E-state index is -0.702. The van der Waals surface area contributed by atoms with Crippen molar-refractivity contribution in [1.29, 1.82) is 0 Å². The molecule has 1 rings (SSSR count). The van der Waals surface area contributed by atoms with E-state index in [-0.39, 0.29) is 12.5 Å². The van der Waals surface area contributed by atoms with Gasteiger partial charge in [0.15, 0.2) is 0 Å². The monoisotopic (exact) mass is 186 g/mol. The Kier molecular flexibility index (Phi) is 3.69. The molecule has 0 aromatic carbocycles. The summed E-state index contributed by atoms with van der Waals surface area (Å²) in [6.45, 7) is 6.06. The molecular weight excluding hydrogens is 168 g/mol. The smallest absolute Gasteiger partial charge is 0.304 e. The zero-order chi connectivity index (χ0) is 9.84. The van der Waals surface area contributed by atoms with E-state index in [0.717, 1.165) is 26.2 Å². The van der Waals surface area contributed by atoms with Gasteiger partial charge in [-0.3, -0.25) is 9.69 Å². The van der Waals surface area contributed by atoms with Gasteiger partial charge in [0.25, 0.3) is 0 Å². The Morgan fingerprint density at radius 2 is 1.92 bits per heavy atom. The third kappa shape index (κ3) is 3.32. The van der Waals surface area contributed by atoms with Gasteiger partial charge in [-0.2, -0.15) is 0 Å². The zero-order valence-electron chi connectivity index (χ0n) is 8.36. The molecule has 0 bridgehead atoms. The Bertz CT molecular complexity index is 176. The van der Waals surface area contributed by atoms with Crippen LogP contribution in [0.2, 0.25) is 0 Å². The SMILES string of the molecule is C[C@H](CC(=O)O)N1CCN(C)CC1. The van der Waals surface area contributed by atoms with Crippen LogP contribution in [0.4, 0.5) is 0 Å². The predicted molar refractivity (Wildman–Crippen MR) is 50.8 cm³/mol. The summed E-state index contributed by atoms with van der Waals surface area (Å²) in [5.74, 6) is -0.702. The number of carboxylic acid groups (broad SMARTS) is 1. The lowest BCUT2D eigenvalue weighted by molar-refractivity contribution is -0.138. The third-order valence-electron chi connectivity index (χ3n) is 2.63.